The van der Waals surface area contributed by atoms with Crippen molar-refractivity contribution >= 4 is 6.41 Å². The summed E-state index contributed by atoms with van der Waals surface area (Å²) in [6, 6.07) is 8.11. The van der Waals surface area contributed by atoms with Gasteiger partial charge in [-0.05, 0) is 24.0 Å². The monoisotopic (exact) mass is 219 g/mol. The molecule has 3 heteroatoms. The minimum atomic E-state index is -0.345. The van der Waals surface area contributed by atoms with E-state index in [4.69, 9.17) is 4.79 Å². The van der Waals surface area contributed by atoms with Crippen LogP contribution in [0.2, 0.25) is 0 Å². The average molecular weight is 219 g/mol. The van der Waals surface area contributed by atoms with Crippen molar-refractivity contribution in [2.45, 2.75) is 18.9 Å². The van der Waals surface area contributed by atoms with Gasteiger partial charge in [-0.3, -0.25) is 4.79 Å². The number of carbonyl (C=O) groups is 1. The first-order valence-corrected chi connectivity index (χ1v) is 5.28. The molecule has 1 aliphatic carbocycles. The van der Waals surface area contributed by atoms with Gasteiger partial charge in [0.05, 0.1) is 6.10 Å². The quantitative estimate of drug-likeness (QED) is 0.556. The lowest BCUT2D eigenvalue weighted by Gasteiger charge is -2.27. The highest BCUT2D eigenvalue weighted by Crippen LogP contribution is 2.34. The molecule has 86 valence electrons. The Bertz CT molecular complexity index is 363. The molecular weight excluding hydrogens is 202 g/mol. The van der Waals surface area contributed by atoms with E-state index in [1.807, 2.05) is 24.3 Å². The van der Waals surface area contributed by atoms with Crippen LogP contribution in [-0.4, -0.2) is 11.5 Å². The number of hydrogen-bond acceptors (Lipinski definition) is 2. The summed E-state index contributed by atoms with van der Waals surface area (Å²) in [4.78, 5) is 8.58. The summed E-state index contributed by atoms with van der Waals surface area (Å²) in [6.45, 7) is 3.75. The third kappa shape index (κ3) is 2.70. The van der Waals surface area contributed by atoms with Crippen LogP contribution in [0.5, 0.6) is 0 Å². The van der Waals surface area contributed by atoms with E-state index in [1.165, 1.54) is 5.56 Å². The first kappa shape index (κ1) is 12.5. The van der Waals surface area contributed by atoms with Gasteiger partial charge in [0.25, 0.3) is 0 Å². The van der Waals surface area contributed by atoms with Crippen LogP contribution in [0, 0.1) is 5.92 Å². The van der Waals surface area contributed by atoms with Crippen LogP contribution in [0.1, 0.15) is 23.7 Å². The van der Waals surface area contributed by atoms with Crippen molar-refractivity contribution in [1.29, 1.82) is 0 Å². The average Bonchev–Trinajstić information content (AvgIpc) is 2.31. The maximum atomic E-state index is 9.95. The Balaban J connectivity index is 0.000000386. The smallest absolute Gasteiger partial charge is 0.204 e. The fraction of sp³-hybridized carbons (Fsp3) is 0.308. The lowest BCUT2D eigenvalue weighted by molar-refractivity contribution is -0.106. The molecule has 3 nitrogen and oxygen atoms in total. The van der Waals surface area contributed by atoms with Gasteiger partial charge in [-0.25, -0.2) is 0 Å². The number of hydrogen-bond donors (Lipinski definition) is 2. The summed E-state index contributed by atoms with van der Waals surface area (Å²) in [5.74, 6) is 0.231. The number of primary amides is 1. The molecule has 1 aromatic rings. The number of aliphatic hydroxyl groups excluding tert-OH is 1. The van der Waals surface area contributed by atoms with Gasteiger partial charge in [-0.2, -0.15) is 0 Å². The van der Waals surface area contributed by atoms with Crippen LogP contribution < -0.4 is 5.73 Å². The minimum absolute atomic E-state index is 0.231. The van der Waals surface area contributed by atoms with E-state index < -0.39 is 0 Å². The normalized spacial score (nSPS) is 22.3. The molecule has 0 spiro atoms. The van der Waals surface area contributed by atoms with Crippen molar-refractivity contribution < 1.29 is 9.90 Å². The molecule has 2 unspecified atom stereocenters. The summed E-state index contributed by atoms with van der Waals surface area (Å²) < 4.78 is 0. The molecule has 0 bridgehead atoms. The van der Waals surface area contributed by atoms with E-state index in [1.54, 1.807) is 0 Å². The van der Waals surface area contributed by atoms with E-state index >= 15 is 0 Å². The van der Waals surface area contributed by atoms with Crippen molar-refractivity contribution in [3.05, 3.63) is 48.0 Å². The fourth-order valence-corrected chi connectivity index (χ4v) is 2.01. The number of rotatable bonds is 1. The number of aryl methyl sites for hydroxylation is 1. The van der Waals surface area contributed by atoms with Crippen molar-refractivity contribution in [2.24, 2.45) is 11.7 Å². The molecule has 0 saturated heterocycles. The van der Waals surface area contributed by atoms with Crippen molar-refractivity contribution in [3.8, 4) is 0 Å². The lowest BCUT2D eigenvalue weighted by atomic mass is 9.82. The largest absolute Gasteiger partial charge is 0.388 e. The molecule has 2 atom stereocenters. The molecule has 0 aliphatic heterocycles. The highest BCUT2D eigenvalue weighted by molar-refractivity contribution is 5.42. The molecule has 3 N–H and O–H groups in total. The Morgan fingerprint density at radius 2 is 2.06 bits per heavy atom. The zero-order valence-corrected chi connectivity index (χ0v) is 9.17. The van der Waals surface area contributed by atoms with Crippen LogP contribution >= 0.6 is 0 Å². The molecule has 0 radical (unpaired) electrons. The Morgan fingerprint density at radius 1 is 1.44 bits per heavy atom. The molecule has 2 rings (SSSR count). The highest BCUT2D eigenvalue weighted by atomic mass is 16.3. The van der Waals surface area contributed by atoms with Gasteiger partial charge in [-0.1, -0.05) is 30.3 Å². The predicted octanol–water partition coefficient (Wildman–Crippen LogP) is 1.57. The van der Waals surface area contributed by atoms with Gasteiger partial charge in [0.1, 0.15) is 0 Å². The maximum absolute atomic E-state index is 9.95. The lowest BCUT2D eigenvalue weighted by Crippen LogP contribution is -2.18. The predicted molar refractivity (Wildman–Crippen MR) is 63.7 cm³/mol. The summed E-state index contributed by atoms with van der Waals surface area (Å²) in [5.41, 5.74) is 6.53. The summed E-state index contributed by atoms with van der Waals surface area (Å²) in [5, 5.41) is 9.95. The van der Waals surface area contributed by atoms with Crippen LogP contribution in [0.3, 0.4) is 0 Å². The van der Waals surface area contributed by atoms with Gasteiger partial charge in [0, 0.05) is 5.92 Å². The van der Waals surface area contributed by atoms with E-state index in [0.29, 0.717) is 0 Å². The van der Waals surface area contributed by atoms with E-state index in [-0.39, 0.29) is 18.4 Å². The minimum Gasteiger partial charge on any atom is -0.388 e. The molecule has 16 heavy (non-hydrogen) atoms. The topological polar surface area (TPSA) is 63.3 Å². The summed E-state index contributed by atoms with van der Waals surface area (Å²) in [7, 11) is 0. The number of benzene rings is 1. The van der Waals surface area contributed by atoms with E-state index in [2.05, 4.69) is 18.4 Å². The van der Waals surface area contributed by atoms with Crippen molar-refractivity contribution in [3.63, 3.8) is 0 Å². The summed E-state index contributed by atoms with van der Waals surface area (Å²) >= 11 is 0. The van der Waals surface area contributed by atoms with E-state index in [9.17, 15) is 5.11 Å². The molecule has 0 saturated carbocycles. The third-order valence-electron chi connectivity index (χ3n) is 2.83. The number of carbonyl (C=O) groups excluding carboxylic acids is 1. The van der Waals surface area contributed by atoms with E-state index in [0.717, 1.165) is 18.4 Å². The van der Waals surface area contributed by atoms with Crippen LogP contribution in [0.25, 0.3) is 0 Å². The highest BCUT2D eigenvalue weighted by Gasteiger charge is 2.24. The number of amides is 1. The molecule has 0 heterocycles. The first-order chi connectivity index (χ1) is 7.74. The maximum Gasteiger partial charge on any atom is 0.204 e. The molecule has 0 aromatic heterocycles. The SMILES string of the molecule is C=CC1CCc2ccccc2C1O.NC=O. The number of nitrogens with two attached hydrogens (primary N) is 1. The van der Waals surface area contributed by atoms with Gasteiger partial charge >= 0.3 is 0 Å². The number of aliphatic hydroxyl groups is 1. The zero-order valence-electron chi connectivity index (χ0n) is 9.17. The second kappa shape index (κ2) is 6.08. The Labute approximate surface area is 95.6 Å². The van der Waals surface area contributed by atoms with Crippen molar-refractivity contribution in [1.82, 2.24) is 0 Å². The van der Waals surface area contributed by atoms with Gasteiger partial charge in [-0.15, -0.1) is 6.58 Å². The molecule has 1 aliphatic rings. The Morgan fingerprint density at radius 3 is 2.69 bits per heavy atom. The summed E-state index contributed by atoms with van der Waals surface area (Å²) in [6.07, 6.45) is 3.84. The van der Waals surface area contributed by atoms with Crippen LogP contribution in [0.4, 0.5) is 0 Å². The number of fused-ring (bicyclic) bond motifs is 1. The second-order valence-electron chi connectivity index (χ2n) is 3.72. The third-order valence-corrected chi connectivity index (χ3v) is 2.83. The molecule has 1 aromatic carbocycles. The van der Waals surface area contributed by atoms with Gasteiger partial charge in [0.2, 0.25) is 6.41 Å². The van der Waals surface area contributed by atoms with Crippen LogP contribution in [0.15, 0.2) is 36.9 Å². The van der Waals surface area contributed by atoms with Gasteiger partial charge in [0.15, 0.2) is 0 Å². The Hall–Kier alpha value is -1.61. The van der Waals surface area contributed by atoms with Crippen LogP contribution in [-0.2, 0) is 11.2 Å². The van der Waals surface area contributed by atoms with Gasteiger partial charge < -0.3 is 10.8 Å². The standard InChI is InChI=1S/C12H14O.CH3NO/c1-2-9-7-8-10-5-3-4-6-11(10)12(9)13;2-1-3/h2-6,9,12-13H,1,7-8H2;1H,(H2,2,3). The fourth-order valence-electron chi connectivity index (χ4n) is 2.01. The first-order valence-electron chi connectivity index (χ1n) is 5.28. The molecule has 1 amide bonds. The second-order valence-corrected chi connectivity index (χ2v) is 3.72. The zero-order chi connectivity index (χ0) is 12.0. The molecule has 0 fully saturated rings. The Kier molecular flexibility index (Phi) is 4.73. The van der Waals surface area contributed by atoms with Crippen molar-refractivity contribution in [2.75, 3.05) is 0 Å². The molecular formula is C13H17NO2.